The number of morpholine rings is 1. The summed E-state index contributed by atoms with van der Waals surface area (Å²) in [6.07, 6.45) is 1.26. The minimum absolute atomic E-state index is 0.0120. The highest BCUT2D eigenvalue weighted by Gasteiger charge is 2.32. The summed E-state index contributed by atoms with van der Waals surface area (Å²) >= 11 is 1.14. The number of rotatable bonds is 5. The molecule has 0 aliphatic carbocycles. The van der Waals surface area contributed by atoms with E-state index in [0.717, 1.165) is 21.6 Å². The first-order valence-corrected chi connectivity index (χ1v) is 11.8. The number of anilines is 1. The lowest BCUT2D eigenvalue weighted by molar-refractivity contribution is -0.116. The molecule has 10 nitrogen and oxygen atoms in total. The first kappa shape index (κ1) is 21.6. The fraction of sp³-hybridized carbons (Fsp3) is 0.368. The molecule has 1 aliphatic heterocycles. The number of carbonyl (C=O) groups excluding carboxylic acids is 1. The van der Waals surface area contributed by atoms with Gasteiger partial charge in [0.25, 0.3) is 5.56 Å². The highest BCUT2D eigenvalue weighted by atomic mass is 32.2. The van der Waals surface area contributed by atoms with Crippen molar-refractivity contribution in [3.63, 3.8) is 0 Å². The first-order chi connectivity index (χ1) is 14.8. The molecule has 0 saturated carbocycles. The minimum Gasteiger partial charge on any atom is -0.379 e. The maximum Gasteiger partial charge on any atom is 0.263 e. The second kappa shape index (κ2) is 8.46. The van der Waals surface area contributed by atoms with Crippen LogP contribution < -0.4 is 10.9 Å². The predicted molar refractivity (Wildman–Crippen MR) is 116 cm³/mol. The molecule has 0 unspecified atom stereocenters. The molecule has 0 spiro atoms. The number of hydrogen-bond acceptors (Lipinski definition) is 8. The SMILES string of the molecule is Cc1cccc(NC(=O)Cn2cnc3sc(C)c(S(=O)(=O)N4CCOCC4)c3c2=O)n1. The van der Waals surface area contributed by atoms with E-state index in [4.69, 9.17) is 4.74 Å². The fourth-order valence-electron chi connectivity index (χ4n) is 3.40. The number of thiophene rings is 1. The minimum atomic E-state index is -3.90. The molecule has 4 heterocycles. The Labute approximate surface area is 182 Å². The molecule has 4 rings (SSSR count). The van der Waals surface area contributed by atoms with Crippen molar-refractivity contribution < 1.29 is 17.9 Å². The standard InChI is InChI=1S/C19H21N5O5S2/c1-12-4-3-5-14(21-12)22-15(25)10-23-11-20-18-16(19(23)26)17(13(2)30-18)31(27,28)24-6-8-29-9-7-24/h3-5,11H,6-10H2,1-2H3,(H,21,22,25). The normalized spacial score (nSPS) is 15.3. The zero-order chi connectivity index (χ0) is 22.2. The monoisotopic (exact) mass is 463 g/mol. The van der Waals surface area contributed by atoms with Gasteiger partial charge in [0.05, 0.1) is 24.9 Å². The molecule has 3 aromatic heterocycles. The Morgan fingerprint density at radius 3 is 2.71 bits per heavy atom. The fourth-order valence-corrected chi connectivity index (χ4v) is 6.48. The third-order valence-corrected chi connectivity index (χ3v) is 8.05. The van der Waals surface area contributed by atoms with Crippen LogP contribution in [0.5, 0.6) is 0 Å². The Bertz CT molecular complexity index is 1310. The van der Waals surface area contributed by atoms with E-state index in [2.05, 4.69) is 15.3 Å². The molecule has 1 amide bonds. The molecule has 1 N–H and O–H groups in total. The van der Waals surface area contributed by atoms with Crippen molar-refractivity contribution in [2.75, 3.05) is 31.6 Å². The van der Waals surface area contributed by atoms with Crippen LogP contribution in [-0.2, 0) is 26.1 Å². The van der Waals surface area contributed by atoms with Crippen LogP contribution in [0.4, 0.5) is 5.82 Å². The molecular formula is C19H21N5O5S2. The van der Waals surface area contributed by atoms with Crippen molar-refractivity contribution in [3.8, 4) is 0 Å². The van der Waals surface area contributed by atoms with Gasteiger partial charge >= 0.3 is 0 Å². The Morgan fingerprint density at radius 2 is 2.00 bits per heavy atom. The molecule has 1 saturated heterocycles. The van der Waals surface area contributed by atoms with Crippen molar-refractivity contribution >= 4 is 43.3 Å². The van der Waals surface area contributed by atoms with Crippen LogP contribution in [0.15, 0.2) is 34.2 Å². The number of aromatic nitrogens is 3. The van der Waals surface area contributed by atoms with Crippen LogP contribution in [0, 0.1) is 13.8 Å². The Morgan fingerprint density at radius 1 is 1.26 bits per heavy atom. The third kappa shape index (κ3) is 4.24. The number of sulfonamides is 1. The first-order valence-electron chi connectivity index (χ1n) is 9.57. The highest BCUT2D eigenvalue weighted by molar-refractivity contribution is 7.89. The highest BCUT2D eigenvalue weighted by Crippen LogP contribution is 2.33. The predicted octanol–water partition coefficient (Wildman–Crippen LogP) is 1.13. The Hall–Kier alpha value is -2.67. The number of nitrogens with one attached hydrogen (secondary N) is 1. The average molecular weight is 464 g/mol. The maximum atomic E-state index is 13.3. The van der Waals surface area contributed by atoms with Gasteiger partial charge in [-0.15, -0.1) is 11.3 Å². The van der Waals surface area contributed by atoms with E-state index in [1.165, 1.54) is 10.6 Å². The van der Waals surface area contributed by atoms with E-state index in [0.29, 0.717) is 28.7 Å². The molecule has 164 valence electrons. The van der Waals surface area contributed by atoms with Gasteiger partial charge in [0.2, 0.25) is 15.9 Å². The number of nitrogens with zero attached hydrogens (tertiary/aromatic N) is 4. The lowest BCUT2D eigenvalue weighted by Crippen LogP contribution is -2.41. The summed E-state index contributed by atoms with van der Waals surface area (Å²) in [4.78, 5) is 34.8. The van der Waals surface area contributed by atoms with Gasteiger partial charge in [0.1, 0.15) is 22.1 Å². The smallest absolute Gasteiger partial charge is 0.263 e. The zero-order valence-corrected chi connectivity index (χ0v) is 18.6. The van der Waals surface area contributed by atoms with Crippen molar-refractivity contribution in [1.82, 2.24) is 18.8 Å². The largest absolute Gasteiger partial charge is 0.379 e. The van der Waals surface area contributed by atoms with E-state index >= 15 is 0 Å². The van der Waals surface area contributed by atoms with Crippen molar-refractivity contribution in [2.45, 2.75) is 25.3 Å². The molecule has 0 bridgehead atoms. The van der Waals surface area contributed by atoms with Gasteiger partial charge < -0.3 is 10.1 Å². The summed E-state index contributed by atoms with van der Waals surface area (Å²) < 4.78 is 34.2. The second-order valence-corrected chi connectivity index (χ2v) is 10.2. The van der Waals surface area contributed by atoms with E-state index in [1.807, 2.05) is 0 Å². The average Bonchev–Trinajstić information content (AvgIpc) is 3.08. The van der Waals surface area contributed by atoms with Crippen LogP contribution in [0.3, 0.4) is 0 Å². The van der Waals surface area contributed by atoms with E-state index < -0.39 is 21.5 Å². The molecule has 0 aromatic carbocycles. The molecule has 31 heavy (non-hydrogen) atoms. The molecule has 0 radical (unpaired) electrons. The molecule has 0 atom stereocenters. The Balaban J connectivity index is 1.69. The van der Waals surface area contributed by atoms with Crippen molar-refractivity contribution in [2.24, 2.45) is 0 Å². The number of amides is 1. The molecular weight excluding hydrogens is 442 g/mol. The molecule has 1 fully saturated rings. The number of pyridine rings is 1. The number of hydrogen-bond donors (Lipinski definition) is 1. The molecule has 1 aliphatic rings. The molecule has 12 heteroatoms. The third-order valence-electron chi connectivity index (χ3n) is 4.84. The lowest BCUT2D eigenvalue weighted by Gasteiger charge is -2.26. The van der Waals surface area contributed by atoms with Gasteiger partial charge in [0.15, 0.2) is 0 Å². The van der Waals surface area contributed by atoms with Crippen LogP contribution in [0.1, 0.15) is 10.6 Å². The van der Waals surface area contributed by atoms with E-state index in [1.54, 1.807) is 32.0 Å². The number of fused-ring (bicyclic) bond motifs is 1. The summed E-state index contributed by atoms with van der Waals surface area (Å²) in [5, 5.41) is 2.64. The number of carbonyl (C=O) groups is 1. The summed E-state index contributed by atoms with van der Waals surface area (Å²) in [5.41, 5.74) is 0.165. The van der Waals surface area contributed by atoms with Gasteiger partial charge in [-0.2, -0.15) is 4.31 Å². The summed E-state index contributed by atoms with van der Waals surface area (Å²) in [6, 6.07) is 5.20. The van der Waals surface area contributed by atoms with Crippen molar-refractivity contribution in [1.29, 1.82) is 0 Å². The quantitative estimate of drug-likeness (QED) is 0.602. The summed E-state index contributed by atoms with van der Waals surface area (Å²) in [5.74, 6) is -0.0973. The van der Waals surface area contributed by atoms with Crippen LogP contribution >= 0.6 is 11.3 Å². The van der Waals surface area contributed by atoms with Crippen LogP contribution in [-0.4, -0.2) is 59.5 Å². The number of aryl methyl sites for hydroxylation is 2. The second-order valence-electron chi connectivity index (χ2n) is 7.07. The summed E-state index contributed by atoms with van der Waals surface area (Å²) in [7, 11) is -3.90. The zero-order valence-electron chi connectivity index (χ0n) is 17.0. The van der Waals surface area contributed by atoms with Gasteiger partial charge in [-0.05, 0) is 26.0 Å². The maximum absolute atomic E-state index is 13.3. The van der Waals surface area contributed by atoms with Gasteiger partial charge in [0, 0.05) is 23.7 Å². The van der Waals surface area contributed by atoms with Crippen molar-refractivity contribution in [3.05, 3.63) is 45.5 Å². The lowest BCUT2D eigenvalue weighted by atomic mass is 10.3. The van der Waals surface area contributed by atoms with E-state index in [-0.39, 0.29) is 29.9 Å². The summed E-state index contributed by atoms with van der Waals surface area (Å²) in [6.45, 7) is 4.18. The number of ether oxygens (including phenoxy) is 1. The molecule has 3 aromatic rings. The Kier molecular flexibility index (Phi) is 5.88. The van der Waals surface area contributed by atoms with E-state index in [9.17, 15) is 18.0 Å². The topological polar surface area (TPSA) is 123 Å². The van der Waals surface area contributed by atoms with Gasteiger partial charge in [-0.3, -0.25) is 14.2 Å². The van der Waals surface area contributed by atoms with Gasteiger partial charge in [-0.25, -0.2) is 18.4 Å². The van der Waals surface area contributed by atoms with Crippen LogP contribution in [0.2, 0.25) is 0 Å². The van der Waals surface area contributed by atoms with Crippen LogP contribution in [0.25, 0.3) is 10.2 Å². The van der Waals surface area contributed by atoms with Gasteiger partial charge in [-0.1, -0.05) is 6.07 Å².